The molecule has 2 rings (SSSR count). The third-order valence-corrected chi connectivity index (χ3v) is 3.11. The molecule has 0 spiro atoms. The van der Waals surface area contributed by atoms with Crippen molar-refractivity contribution < 1.29 is 31.9 Å². The summed E-state index contributed by atoms with van der Waals surface area (Å²) in [6.45, 7) is 1.64. The zero-order valence-corrected chi connectivity index (χ0v) is 11.9. The summed E-state index contributed by atoms with van der Waals surface area (Å²) in [5, 5.41) is 8.94. The van der Waals surface area contributed by atoms with Crippen molar-refractivity contribution in [3.8, 4) is 11.3 Å². The number of hydrogen-bond donors (Lipinski definition) is 1. The van der Waals surface area contributed by atoms with Gasteiger partial charge >= 0.3 is 12.1 Å². The largest absolute Gasteiger partial charge is 0.478 e. The van der Waals surface area contributed by atoms with E-state index in [0.29, 0.717) is 6.07 Å². The van der Waals surface area contributed by atoms with Gasteiger partial charge in [0.25, 0.3) is 0 Å². The lowest BCUT2D eigenvalue weighted by molar-refractivity contribution is -0.137. The molecule has 0 bridgehead atoms. The summed E-state index contributed by atoms with van der Waals surface area (Å²) in [5.74, 6) is -1.97. The lowest BCUT2D eigenvalue weighted by atomic mass is 10.1. The van der Waals surface area contributed by atoms with Crippen LogP contribution in [0.4, 0.5) is 17.6 Å². The van der Waals surface area contributed by atoms with Gasteiger partial charge in [-0.15, -0.1) is 0 Å². The van der Waals surface area contributed by atoms with Gasteiger partial charge in [-0.1, -0.05) is 6.92 Å². The zero-order valence-electron chi connectivity index (χ0n) is 11.9. The summed E-state index contributed by atoms with van der Waals surface area (Å²) < 4.78 is 56.8. The van der Waals surface area contributed by atoms with Gasteiger partial charge in [-0.3, -0.25) is 0 Å². The number of halogens is 4. The van der Waals surface area contributed by atoms with Gasteiger partial charge in [0.15, 0.2) is 0 Å². The number of rotatable bonds is 4. The molecule has 0 atom stereocenters. The minimum absolute atomic E-state index is 0.0158. The topological polar surface area (TPSA) is 50.4 Å². The van der Waals surface area contributed by atoms with Crippen molar-refractivity contribution in [3.05, 3.63) is 53.0 Å². The molecule has 0 saturated carbocycles. The fourth-order valence-corrected chi connectivity index (χ4v) is 1.97. The normalized spacial score (nSPS) is 12.5. The Hall–Kier alpha value is -2.57. The number of furan rings is 1. The standard InChI is InChI=1S/C16H12F4O3/c1-2-9(15(21)22)7-13-3-4-14(23-13)10-5-11(16(18,19)20)8-12(17)6-10/h3-8H,2H2,1H3,(H,21,22). The van der Waals surface area contributed by atoms with Gasteiger partial charge in [-0.25, -0.2) is 9.18 Å². The highest BCUT2D eigenvalue weighted by Gasteiger charge is 2.31. The maximum Gasteiger partial charge on any atom is 0.416 e. The minimum Gasteiger partial charge on any atom is -0.478 e. The predicted molar refractivity (Wildman–Crippen MR) is 75.0 cm³/mol. The number of carboxylic acids is 1. The fourth-order valence-electron chi connectivity index (χ4n) is 1.97. The third kappa shape index (κ3) is 4.00. The minimum atomic E-state index is -4.68. The average molecular weight is 328 g/mol. The number of carboxylic acid groups (broad SMARTS) is 1. The average Bonchev–Trinajstić information content (AvgIpc) is 2.91. The van der Waals surface area contributed by atoms with Crippen LogP contribution in [0.3, 0.4) is 0 Å². The smallest absolute Gasteiger partial charge is 0.416 e. The van der Waals surface area contributed by atoms with Crippen molar-refractivity contribution in [2.75, 3.05) is 0 Å². The molecule has 0 aliphatic rings. The summed E-state index contributed by atoms with van der Waals surface area (Å²) in [5.41, 5.74) is -1.12. The van der Waals surface area contributed by atoms with Gasteiger partial charge in [0.1, 0.15) is 17.3 Å². The molecule has 0 aliphatic heterocycles. The molecule has 0 unspecified atom stereocenters. The first kappa shape index (κ1) is 16.8. The van der Waals surface area contributed by atoms with Crippen LogP contribution in [-0.4, -0.2) is 11.1 Å². The molecule has 0 amide bonds. The zero-order chi connectivity index (χ0) is 17.2. The Morgan fingerprint density at radius 1 is 1.26 bits per heavy atom. The van der Waals surface area contributed by atoms with Crippen LogP contribution in [0.1, 0.15) is 24.7 Å². The number of benzene rings is 1. The van der Waals surface area contributed by atoms with E-state index in [1.165, 1.54) is 18.2 Å². The number of aliphatic carboxylic acids is 1. The van der Waals surface area contributed by atoms with Gasteiger partial charge < -0.3 is 9.52 Å². The van der Waals surface area contributed by atoms with Crippen LogP contribution in [0, 0.1) is 5.82 Å². The first-order valence-electron chi connectivity index (χ1n) is 6.62. The second-order valence-corrected chi connectivity index (χ2v) is 4.76. The van der Waals surface area contributed by atoms with Crippen molar-refractivity contribution in [2.24, 2.45) is 0 Å². The van der Waals surface area contributed by atoms with E-state index < -0.39 is 23.5 Å². The van der Waals surface area contributed by atoms with Gasteiger partial charge in [0, 0.05) is 11.1 Å². The van der Waals surface area contributed by atoms with E-state index in [4.69, 9.17) is 9.52 Å². The van der Waals surface area contributed by atoms with Crippen LogP contribution < -0.4 is 0 Å². The number of carbonyl (C=O) groups is 1. The van der Waals surface area contributed by atoms with Crippen LogP contribution >= 0.6 is 0 Å². The first-order valence-corrected chi connectivity index (χ1v) is 6.62. The molecule has 0 aliphatic carbocycles. The molecule has 0 radical (unpaired) electrons. The molecule has 2 aromatic rings. The SMILES string of the molecule is CCC(=Cc1ccc(-c2cc(F)cc(C(F)(F)F)c2)o1)C(=O)O. The van der Waals surface area contributed by atoms with Crippen molar-refractivity contribution in [2.45, 2.75) is 19.5 Å². The van der Waals surface area contributed by atoms with E-state index in [1.54, 1.807) is 6.92 Å². The summed E-state index contributed by atoms with van der Waals surface area (Å²) in [4.78, 5) is 10.9. The first-order chi connectivity index (χ1) is 10.7. The summed E-state index contributed by atoms with van der Waals surface area (Å²) >= 11 is 0. The van der Waals surface area contributed by atoms with Crippen LogP contribution in [0.5, 0.6) is 0 Å². The van der Waals surface area contributed by atoms with Crippen molar-refractivity contribution >= 4 is 12.0 Å². The van der Waals surface area contributed by atoms with Crippen molar-refractivity contribution in [1.82, 2.24) is 0 Å². The predicted octanol–water partition coefficient (Wildman–Crippen LogP) is 4.98. The molecule has 1 N–H and O–H groups in total. The Labute approximate surface area is 128 Å². The monoisotopic (exact) mass is 328 g/mol. The van der Waals surface area contributed by atoms with Crippen LogP contribution in [0.2, 0.25) is 0 Å². The van der Waals surface area contributed by atoms with Gasteiger partial charge in [0.2, 0.25) is 0 Å². The Bertz CT molecular complexity index is 757. The summed E-state index contributed by atoms with van der Waals surface area (Å²) in [6.07, 6.45) is -3.15. The molecular formula is C16H12F4O3. The van der Waals surface area contributed by atoms with Crippen molar-refractivity contribution in [3.63, 3.8) is 0 Å². The lowest BCUT2D eigenvalue weighted by Crippen LogP contribution is -2.05. The molecule has 7 heteroatoms. The molecule has 1 aromatic heterocycles. The lowest BCUT2D eigenvalue weighted by Gasteiger charge is -2.08. The maximum atomic E-state index is 13.4. The van der Waals surface area contributed by atoms with E-state index in [1.807, 2.05) is 0 Å². The molecule has 1 aromatic carbocycles. The fraction of sp³-hybridized carbons (Fsp3) is 0.188. The van der Waals surface area contributed by atoms with E-state index in [2.05, 4.69) is 0 Å². The quantitative estimate of drug-likeness (QED) is 0.636. The molecule has 0 fully saturated rings. The molecule has 1 heterocycles. The Morgan fingerprint density at radius 3 is 2.52 bits per heavy atom. The van der Waals surface area contributed by atoms with E-state index in [9.17, 15) is 22.4 Å². The molecular weight excluding hydrogens is 316 g/mol. The van der Waals surface area contributed by atoms with Crippen LogP contribution in [-0.2, 0) is 11.0 Å². The molecule has 0 saturated heterocycles. The van der Waals surface area contributed by atoms with Crippen LogP contribution in [0.15, 0.2) is 40.3 Å². The van der Waals surface area contributed by atoms with Gasteiger partial charge in [0.05, 0.1) is 5.56 Å². The van der Waals surface area contributed by atoms with Gasteiger partial charge in [-0.05, 0) is 42.8 Å². The second kappa shape index (κ2) is 6.28. The third-order valence-electron chi connectivity index (χ3n) is 3.11. The number of alkyl halides is 3. The van der Waals surface area contributed by atoms with Crippen molar-refractivity contribution in [1.29, 1.82) is 0 Å². The Balaban J connectivity index is 2.42. The van der Waals surface area contributed by atoms with E-state index >= 15 is 0 Å². The highest BCUT2D eigenvalue weighted by atomic mass is 19.4. The maximum absolute atomic E-state index is 13.4. The van der Waals surface area contributed by atoms with E-state index in [0.717, 1.165) is 12.1 Å². The van der Waals surface area contributed by atoms with Gasteiger partial charge in [-0.2, -0.15) is 13.2 Å². The van der Waals surface area contributed by atoms with Crippen LogP contribution in [0.25, 0.3) is 17.4 Å². The summed E-state index contributed by atoms with van der Waals surface area (Å²) in [6, 6.07) is 4.85. The Morgan fingerprint density at radius 2 is 1.96 bits per heavy atom. The Kier molecular flexibility index (Phi) is 4.58. The number of hydrogen-bond acceptors (Lipinski definition) is 2. The van der Waals surface area contributed by atoms with E-state index in [-0.39, 0.29) is 29.1 Å². The highest BCUT2D eigenvalue weighted by molar-refractivity contribution is 5.91. The second-order valence-electron chi connectivity index (χ2n) is 4.76. The molecule has 23 heavy (non-hydrogen) atoms. The highest BCUT2D eigenvalue weighted by Crippen LogP contribution is 2.33. The summed E-state index contributed by atoms with van der Waals surface area (Å²) in [7, 11) is 0. The molecule has 122 valence electrons. The molecule has 3 nitrogen and oxygen atoms in total.